The van der Waals surface area contributed by atoms with Crippen LogP contribution in [0.1, 0.15) is 47.2 Å². The van der Waals surface area contributed by atoms with Gasteiger partial charge in [0.2, 0.25) is 0 Å². The first-order valence-electron chi connectivity index (χ1n) is 6.38. The normalized spacial score (nSPS) is 9.61. The Labute approximate surface area is 117 Å². The molecule has 2 aromatic heterocycles. The van der Waals surface area contributed by atoms with Crippen molar-refractivity contribution in [3.05, 3.63) is 44.8 Å². The van der Waals surface area contributed by atoms with Gasteiger partial charge in [0, 0.05) is 4.88 Å². The monoisotopic (exact) mass is 280 g/mol. The summed E-state index contributed by atoms with van der Waals surface area (Å²) >= 11 is 3.34. The largest absolute Gasteiger partial charge is 0.297 e. The number of unbranched alkanes of at least 4 members (excludes halogenated alkanes) is 3. The molecular weight excluding hydrogens is 260 g/mol. The summed E-state index contributed by atoms with van der Waals surface area (Å²) < 4.78 is 0. The number of thiophene rings is 2. The summed E-state index contributed by atoms with van der Waals surface area (Å²) in [5.41, 5.74) is 0. The van der Waals surface area contributed by atoms with Crippen molar-refractivity contribution >= 4 is 29.0 Å². The fourth-order valence-electron chi connectivity index (χ4n) is 1.55. The number of carbonyl (C=O) groups is 1. The first-order valence-corrected chi connectivity index (χ1v) is 8.13. The first kappa shape index (κ1) is 15.1. The SMILES string of the molecule is CCCCCCc1ccc(C=O)s1.c1ccsc1. The lowest BCUT2D eigenvalue weighted by molar-refractivity contribution is 0.112. The molecule has 0 N–H and O–H groups in total. The summed E-state index contributed by atoms with van der Waals surface area (Å²) in [6, 6.07) is 8.02. The molecule has 0 amide bonds. The molecule has 3 heteroatoms. The Morgan fingerprint density at radius 1 is 1.11 bits per heavy atom. The molecule has 0 saturated carbocycles. The second-order valence-electron chi connectivity index (χ2n) is 4.03. The van der Waals surface area contributed by atoms with E-state index in [2.05, 4.69) is 13.0 Å². The molecule has 0 radical (unpaired) electrons. The van der Waals surface area contributed by atoms with Crippen molar-refractivity contribution in [1.82, 2.24) is 0 Å². The Balaban J connectivity index is 0.000000269. The Hall–Kier alpha value is -0.930. The van der Waals surface area contributed by atoms with E-state index in [9.17, 15) is 4.79 Å². The lowest BCUT2D eigenvalue weighted by Crippen LogP contribution is -1.80. The minimum absolute atomic E-state index is 0.852. The molecule has 98 valence electrons. The molecule has 2 aromatic rings. The summed E-state index contributed by atoms with van der Waals surface area (Å²) in [6.45, 7) is 2.22. The third-order valence-electron chi connectivity index (χ3n) is 2.50. The van der Waals surface area contributed by atoms with E-state index in [0.717, 1.165) is 17.6 Å². The second-order valence-corrected chi connectivity index (χ2v) is 6.04. The minimum atomic E-state index is 0.852. The molecule has 1 nitrogen and oxygen atoms in total. The van der Waals surface area contributed by atoms with Crippen LogP contribution in [0.3, 0.4) is 0 Å². The van der Waals surface area contributed by atoms with Gasteiger partial charge in [-0.3, -0.25) is 4.79 Å². The number of hydrogen-bond acceptors (Lipinski definition) is 3. The molecule has 0 aliphatic rings. The van der Waals surface area contributed by atoms with Crippen molar-refractivity contribution in [2.45, 2.75) is 39.0 Å². The van der Waals surface area contributed by atoms with E-state index in [-0.39, 0.29) is 0 Å². The van der Waals surface area contributed by atoms with Crippen LogP contribution < -0.4 is 0 Å². The van der Waals surface area contributed by atoms with Gasteiger partial charge in [0.1, 0.15) is 0 Å². The molecule has 0 bridgehead atoms. The van der Waals surface area contributed by atoms with Crippen LogP contribution in [0, 0.1) is 0 Å². The second kappa shape index (κ2) is 10.0. The highest BCUT2D eigenvalue weighted by Gasteiger charge is 1.98. The quantitative estimate of drug-likeness (QED) is 0.509. The van der Waals surface area contributed by atoms with E-state index in [0.29, 0.717) is 0 Å². The third-order valence-corrected chi connectivity index (χ3v) is 4.20. The van der Waals surface area contributed by atoms with E-state index < -0.39 is 0 Å². The maximum absolute atomic E-state index is 10.4. The number of hydrogen-bond donors (Lipinski definition) is 0. The summed E-state index contributed by atoms with van der Waals surface area (Å²) in [6.07, 6.45) is 7.24. The summed E-state index contributed by atoms with van der Waals surface area (Å²) in [4.78, 5) is 12.6. The zero-order chi connectivity index (χ0) is 13.1. The predicted molar refractivity (Wildman–Crippen MR) is 81.9 cm³/mol. The van der Waals surface area contributed by atoms with Crippen LogP contribution in [0.15, 0.2) is 35.0 Å². The first-order chi connectivity index (χ1) is 8.86. The van der Waals surface area contributed by atoms with Gasteiger partial charge in [-0.25, -0.2) is 0 Å². The van der Waals surface area contributed by atoms with E-state index >= 15 is 0 Å². The van der Waals surface area contributed by atoms with E-state index in [4.69, 9.17) is 0 Å². The van der Waals surface area contributed by atoms with Crippen LogP contribution in [-0.4, -0.2) is 6.29 Å². The van der Waals surface area contributed by atoms with Crippen LogP contribution in [0.5, 0.6) is 0 Å². The van der Waals surface area contributed by atoms with Gasteiger partial charge >= 0.3 is 0 Å². The number of aldehydes is 1. The standard InChI is InChI=1S/C11H16OS.C4H4S/c1-2-3-4-5-6-10-7-8-11(9-12)13-10;1-2-4-5-3-1/h7-9H,2-6H2,1H3;1-4H. The molecule has 0 aromatic carbocycles. The lowest BCUT2D eigenvalue weighted by atomic mass is 10.1. The van der Waals surface area contributed by atoms with Crippen LogP contribution >= 0.6 is 22.7 Å². The van der Waals surface area contributed by atoms with Gasteiger partial charge in [-0.05, 0) is 35.7 Å². The Morgan fingerprint density at radius 3 is 2.39 bits per heavy atom. The Kier molecular flexibility index (Phi) is 8.43. The van der Waals surface area contributed by atoms with E-state index in [1.54, 1.807) is 22.7 Å². The number of carbonyl (C=O) groups excluding carboxylic acids is 1. The summed E-state index contributed by atoms with van der Waals surface area (Å²) in [5, 5.41) is 4.08. The molecule has 18 heavy (non-hydrogen) atoms. The average molecular weight is 280 g/mol. The molecule has 0 aliphatic heterocycles. The fourth-order valence-corrected chi connectivity index (χ4v) is 2.87. The van der Waals surface area contributed by atoms with Crippen LogP contribution in [0.25, 0.3) is 0 Å². The average Bonchev–Trinajstić information content (AvgIpc) is 3.08. The highest BCUT2D eigenvalue weighted by Crippen LogP contribution is 2.17. The highest BCUT2D eigenvalue weighted by molar-refractivity contribution is 7.13. The number of rotatable bonds is 6. The maximum Gasteiger partial charge on any atom is 0.160 e. The molecule has 0 unspecified atom stereocenters. The van der Waals surface area contributed by atoms with Crippen molar-refractivity contribution in [3.8, 4) is 0 Å². The van der Waals surface area contributed by atoms with Gasteiger partial charge in [-0.1, -0.05) is 38.3 Å². The Bertz CT molecular complexity index is 387. The zero-order valence-electron chi connectivity index (χ0n) is 10.8. The molecule has 0 atom stereocenters. The van der Waals surface area contributed by atoms with Crippen molar-refractivity contribution in [2.24, 2.45) is 0 Å². The summed E-state index contributed by atoms with van der Waals surface area (Å²) in [5.74, 6) is 0. The van der Waals surface area contributed by atoms with E-state index in [1.807, 2.05) is 29.0 Å². The zero-order valence-corrected chi connectivity index (χ0v) is 12.4. The van der Waals surface area contributed by atoms with Gasteiger partial charge in [0.25, 0.3) is 0 Å². The van der Waals surface area contributed by atoms with Crippen molar-refractivity contribution < 1.29 is 4.79 Å². The van der Waals surface area contributed by atoms with Crippen LogP contribution in [-0.2, 0) is 6.42 Å². The smallest absolute Gasteiger partial charge is 0.160 e. The van der Waals surface area contributed by atoms with E-state index in [1.165, 1.54) is 30.6 Å². The fraction of sp³-hybridized carbons (Fsp3) is 0.400. The third kappa shape index (κ3) is 6.72. The van der Waals surface area contributed by atoms with Crippen LogP contribution in [0.4, 0.5) is 0 Å². The molecule has 0 spiro atoms. The Morgan fingerprint density at radius 2 is 1.89 bits per heavy atom. The van der Waals surface area contributed by atoms with Gasteiger partial charge in [-0.15, -0.1) is 11.3 Å². The number of aryl methyl sites for hydroxylation is 1. The maximum atomic E-state index is 10.4. The van der Waals surface area contributed by atoms with Crippen LogP contribution in [0.2, 0.25) is 0 Å². The van der Waals surface area contributed by atoms with Crippen molar-refractivity contribution in [3.63, 3.8) is 0 Å². The minimum Gasteiger partial charge on any atom is -0.297 e. The van der Waals surface area contributed by atoms with Gasteiger partial charge in [-0.2, -0.15) is 11.3 Å². The molecule has 2 rings (SSSR count). The molecule has 0 aliphatic carbocycles. The van der Waals surface area contributed by atoms with Crippen molar-refractivity contribution in [1.29, 1.82) is 0 Å². The molecule has 0 saturated heterocycles. The van der Waals surface area contributed by atoms with Gasteiger partial charge in [0.15, 0.2) is 6.29 Å². The topological polar surface area (TPSA) is 17.1 Å². The van der Waals surface area contributed by atoms with Gasteiger partial charge in [0.05, 0.1) is 4.88 Å². The highest BCUT2D eigenvalue weighted by atomic mass is 32.1. The van der Waals surface area contributed by atoms with Gasteiger partial charge < -0.3 is 0 Å². The molecule has 0 fully saturated rings. The summed E-state index contributed by atoms with van der Waals surface area (Å²) in [7, 11) is 0. The predicted octanol–water partition coefficient (Wildman–Crippen LogP) is 5.43. The molecule has 2 heterocycles. The van der Waals surface area contributed by atoms with Crippen molar-refractivity contribution in [2.75, 3.05) is 0 Å². The molecular formula is C15H20OS2. The lowest BCUT2D eigenvalue weighted by Gasteiger charge is -1.96.